The van der Waals surface area contributed by atoms with Gasteiger partial charge in [0, 0.05) is 19.2 Å². The number of H-pyrrole nitrogens is 1. The predicted molar refractivity (Wildman–Crippen MR) is 73.0 cm³/mol. The van der Waals surface area contributed by atoms with Gasteiger partial charge in [-0.15, -0.1) is 0 Å². The largest absolute Gasteiger partial charge is 0.369 e. The molecular weight excluding hydrogens is 228 g/mol. The van der Waals surface area contributed by atoms with Gasteiger partial charge >= 0.3 is 0 Å². The topological polar surface area (TPSA) is 61.0 Å². The number of aromatic nitrogens is 2. The molecule has 0 aromatic carbocycles. The van der Waals surface area contributed by atoms with Crippen LogP contribution in [0.5, 0.6) is 0 Å². The number of likely N-dealkylation sites (tertiary alicyclic amines) is 1. The zero-order valence-corrected chi connectivity index (χ0v) is 11.0. The van der Waals surface area contributed by atoms with E-state index in [1.54, 1.807) is 6.92 Å². The molecule has 0 saturated carbocycles. The van der Waals surface area contributed by atoms with Gasteiger partial charge in [-0.05, 0) is 32.9 Å². The van der Waals surface area contributed by atoms with E-state index in [2.05, 4.69) is 20.2 Å². The maximum atomic E-state index is 11.3. The van der Waals surface area contributed by atoms with Crippen molar-refractivity contribution in [1.29, 1.82) is 0 Å². The first-order chi connectivity index (χ1) is 8.74. The summed E-state index contributed by atoms with van der Waals surface area (Å²) in [5, 5.41) is 3.22. The van der Waals surface area contributed by atoms with Crippen LogP contribution in [-0.4, -0.2) is 41.0 Å². The molecule has 1 fully saturated rings. The van der Waals surface area contributed by atoms with Gasteiger partial charge in [-0.2, -0.15) is 0 Å². The van der Waals surface area contributed by atoms with Crippen LogP contribution in [0.2, 0.25) is 0 Å². The summed E-state index contributed by atoms with van der Waals surface area (Å²) in [7, 11) is 0. The van der Waals surface area contributed by atoms with Crippen LogP contribution in [0.25, 0.3) is 0 Å². The summed E-state index contributed by atoms with van der Waals surface area (Å²) in [5.41, 5.74) is -0.0974. The van der Waals surface area contributed by atoms with Crippen LogP contribution in [0.1, 0.15) is 31.5 Å². The zero-order valence-electron chi connectivity index (χ0n) is 11.0. The molecule has 0 amide bonds. The molecule has 0 bridgehead atoms. The number of aromatic amines is 1. The Balaban J connectivity index is 1.78. The predicted octanol–water partition coefficient (Wildman–Crippen LogP) is 1.37. The highest BCUT2D eigenvalue weighted by molar-refractivity contribution is 5.32. The summed E-state index contributed by atoms with van der Waals surface area (Å²) in [6.07, 6.45) is 5.34. The Hall–Kier alpha value is -1.36. The molecule has 0 unspecified atom stereocenters. The minimum atomic E-state index is -0.0974. The van der Waals surface area contributed by atoms with Crippen molar-refractivity contribution in [2.45, 2.75) is 32.6 Å². The van der Waals surface area contributed by atoms with Crippen molar-refractivity contribution >= 4 is 5.82 Å². The van der Waals surface area contributed by atoms with Gasteiger partial charge in [0.2, 0.25) is 0 Å². The zero-order chi connectivity index (χ0) is 12.8. The fourth-order valence-corrected chi connectivity index (χ4v) is 2.37. The van der Waals surface area contributed by atoms with Crippen LogP contribution in [0.3, 0.4) is 0 Å². The van der Waals surface area contributed by atoms with Crippen molar-refractivity contribution in [2.24, 2.45) is 0 Å². The molecule has 1 aliphatic rings. The third kappa shape index (κ3) is 4.14. The van der Waals surface area contributed by atoms with Crippen LogP contribution in [-0.2, 0) is 0 Å². The van der Waals surface area contributed by atoms with E-state index in [-0.39, 0.29) is 5.56 Å². The Morgan fingerprint density at radius 1 is 1.33 bits per heavy atom. The number of anilines is 1. The fraction of sp³-hybridized carbons (Fsp3) is 0.692. The first-order valence-electron chi connectivity index (χ1n) is 6.78. The summed E-state index contributed by atoms with van der Waals surface area (Å²) in [6.45, 7) is 6.05. The van der Waals surface area contributed by atoms with E-state index in [0.717, 1.165) is 13.1 Å². The van der Waals surface area contributed by atoms with E-state index >= 15 is 0 Å². The first kappa shape index (κ1) is 13.1. The van der Waals surface area contributed by atoms with E-state index in [4.69, 9.17) is 0 Å². The minimum Gasteiger partial charge on any atom is -0.369 e. The lowest BCUT2D eigenvalue weighted by Crippen LogP contribution is -2.30. The van der Waals surface area contributed by atoms with Gasteiger partial charge in [-0.25, -0.2) is 4.98 Å². The second kappa shape index (κ2) is 6.54. The highest BCUT2D eigenvalue weighted by atomic mass is 16.1. The van der Waals surface area contributed by atoms with Gasteiger partial charge in [0.1, 0.15) is 11.6 Å². The molecule has 1 aromatic rings. The first-order valence-corrected chi connectivity index (χ1v) is 6.78. The molecule has 0 spiro atoms. The number of hydrogen-bond donors (Lipinski definition) is 2. The number of nitrogens with zero attached hydrogens (tertiary/aromatic N) is 2. The second-order valence-electron chi connectivity index (χ2n) is 4.90. The van der Waals surface area contributed by atoms with Gasteiger partial charge in [0.15, 0.2) is 0 Å². The molecule has 0 atom stereocenters. The average molecular weight is 250 g/mol. The molecule has 5 heteroatoms. The van der Waals surface area contributed by atoms with Gasteiger partial charge in [0.25, 0.3) is 5.56 Å². The lowest BCUT2D eigenvalue weighted by Gasteiger charge is -2.19. The maximum absolute atomic E-state index is 11.3. The van der Waals surface area contributed by atoms with Gasteiger partial charge in [-0.1, -0.05) is 12.8 Å². The van der Waals surface area contributed by atoms with Gasteiger partial charge in [0.05, 0.1) is 0 Å². The third-order valence-corrected chi connectivity index (χ3v) is 3.29. The molecular formula is C13H22N4O. The van der Waals surface area contributed by atoms with Crippen LogP contribution >= 0.6 is 0 Å². The van der Waals surface area contributed by atoms with Crippen molar-refractivity contribution in [3.63, 3.8) is 0 Å². The molecule has 2 N–H and O–H groups in total. The average Bonchev–Trinajstić information content (AvgIpc) is 2.56. The highest BCUT2D eigenvalue weighted by Gasteiger charge is 2.08. The van der Waals surface area contributed by atoms with Crippen LogP contribution in [0, 0.1) is 6.92 Å². The molecule has 1 saturated heterocycles. The molecule has 2 rings (SSSR count). The lowest BCUT2D eigenvalue weighted by atomic mass is 10.2. The van der Waals surface area contributed by atoms with E-state index in [1.807, 2.05) is 0 Å². The standard InChI is InChI=1S/C13H22N4O/c1-11-15-12(10-13(18)16-11)14-6-9-17-7-4-2-3-5-8-17/h10H,2-9H2,1H3,(H2,14,15,16,18). The number of aryl methyl sites for hydroxylation is 1. The Morgan fingerprint density at radius 3 is 2.72 bits per heavy atom. The van der Waals surface area contributed by atoms with E-state index in [9.17, 15) is 4.79 Å². The maximum Gasteiger partial charge on any atom is 0.252 e. The van der Waals surface area contributed by atoms with Crippen molar-refractivity contribution in [3.05, 3.63) is 22.2 Å². The van der Waals surface area contributed by atoms with E-state index < -0.39 is 0 Å². The normalized spacial score (nSPS) is 17.4. The van der Waals surface area contributed by atoms with Crippen LogP contribution in [0.15, 0.2) is 10.9 Å². The van der Waals surface area contributed by atoms with E-state index in [0.29, 0.717) is 11.6 Å². The fourth-order valence-electron chi connectivity index (χ4n) is 2.37. The summed E-state index contributed by atoms with van der Waals surface area (Å²) >= 11 is 0. The number of rotatable bonds is 4. The van der Waals surface area contributed by atoms with Gasteiger partial charge in [-0.3, -0.25) is 4.79 Å². The number of nitrogens with one attached hydrogen (secondary N) is 2. The van der Waals surface area contributed by atoms with E-state index in [1.165, 1.54) is 44.8 Å². The Morgan fingerprint density at radius 2 is 2.06 bits per heavy atom. The third-order valence-electron chi connectivity index (χ3n) is 3.29. The molecule has 100 valence electrons. The SMILES string of the molecule is Cc1nc(NCCN2CCCCCC2)cc(=O)[nH]1. The molecule has 2 heterocycles. The van der Waals surface area contributed by atoms with Crippen LogP contribution < -0.4 is 10.9 Å². The van der Waals surface area contributed by atoms with Gasteiger partial charge < -0.3 is 15.2 Å². The Bertz CT molecular complexity index is 421. The summed E-state index contributed by atoms with van der Waals surface area (Å²) in [6, 6.07) is 1.51. The highest BCUT2D eigenvalue weighted by Crippen LogP contribution is 2.09. The number of hydrogen-bond acceptors (Lipinski definition) is 4. The molecule has 0 aliphatic carbocycles. The summed E-state index contributed by atoms with van der Waals surface area (Å²) < 4.78 is 0. The molecule has 18 heavy (non-hydrogen) atoms. The van der Waals surface area contributed by atoms with Crippen molar-refractivity contribution < 1.29 is 0 Å². The summed E-state index contributed by atoms with van der Waals surface area (Å²) in [5.74, 6) is 1.32. The van der Waals surface area contributed by atoms with Crippen molar-refractivity contribution in [1.82, 2.24) is 14.9 Å². The summed E-state index contributed by atoms with van der Waals surface area (Å²) in [4.78, 5) is 20.7. The van der Waals surface area contributed by atoms with Crippen molar-refractivity contribution in [2.75, 3.05) is 31.5 Å². The molecule has 0 radical (unpaired) electrons. The second-order valence-corrected chi connectivity index (χ2v) is 4.90. The monoisotopic (exact) mass is 250 g/mol. The molecule has 5 nitrogen and oxygen atoms in total. The lowest BCUT2D eigenvalue weighted by molar-refractivity contribution is 0.296. The smallest absolute Gasteiger partial charge is 0.252 e. The quantitative estimate of drug-likeness (QED) is 0.847. The molecule has 1 aromatic heterocycles. The van der Waals surface area contributed by atoms with Crippen LogP contribution in [0.4, 0.5) is 5.82 Å². The minimum absolute atomic E-state index is 0.0974. The Kier molecular flexibility index (Phi) is 4.75. The molecule has 1 aliphatic heterocycles. The van der Waals surface area contributed by atoms with Crippen molar-refractivity contribution in [3.8, 4) is 0 Å². The Labute approximate surface area is 108 Å².